The molecular formula is C18H24N2O. The molecule has 112 valence electrons. The number of nitrogens with one attached hydrogen (secondary N) is 1. The van der Waals surface area contributed by atoms with Crippen LogP contribution in [-0.2, 0) is 6.54 Å². The van der Waals surface area contributed by atoms with Gasteiger partial charge in [-0.25, -0.2) is 4.98 Å². The van der Waals surface area contributed by atoms with Crippen LogP contribution in [0.1, 0.15) is 32.8 Å². The summed E-state index contributed by atoms with van der Waals surface area (Å²) >= 11 is 0. The SMILES string of the molecule is C=C(C)CCOc1cc(CNC(C)C)c2ccccc2n1. The molecule has 0 aliphatic rings. The van der Waals surface area contributed by atoms with Crippen LogP contribution in [0.3, 0.4) is 0 Å². The van der Waals surface area contributed by atoms with Crippen molar-refractivity contribution in [3.05, 3.63) is 48.0 Å². The topological polar surface area (TPSA) is 34.1 Å². The van der Waals surface area contributed by atoms with Gasteiger partial charge in [0.1, 0.15) is 0 Å². The van der Waals surface area contributed by atoms with E-state index in [4.69, 9.17) is 4.74 Å². The van der Waals surface area contributed by atoms with Crippen molar-refractivity contribution < 1.29 is 4.74 Å². The van der Waals surface area contributed by atoms with Crippen LogP contribution >= 0.6 is 0 Å². The van der Waals surface area contributed by atoms with Gasteiger partial charge in [0.15, 0.2) is 0 Å². The quantitative estimate of drug-likeness (QED) is 0.778. The molecule has 0 bridgehead atoms. The lowest BCUT2D eigenvalue weighted by molar-refractivity contribution is 0.310. The molecule has 0 atom stereocenters. The van der Waals surface area contributed by atoms with E-state index in [2.05, 4.69) is 36.8 Å². The van der Waals surface area contributed by atoms with Crippen LogP contribution < -0.4 is 10.1 Å². The Bertz CT molecular complexity index is 620. The van der Waals surface area contributed by atoms with E-state index < -0.39 is 0 Å². The second-order valence-electron chi connectivity index (χ2n) is 5.73. The number of para-hydroxylation sites is 1. The number of hydrogen-bond acceptors (Lipinski definition) is 3. The number of hydrogen-bond donors (Lipinski definition) is 1. The second kappa shape index (κ2) is 7.23. The van der Waals surface area contributed by atoms with Gasteiger partial charge in [0, 0.05) is 30.5 Å². The third kappa shape index (κ3) is 4.57. The van der Waals surface area contributed by atoms with Crippen LogP contribution in [0.4, 0.5) is 0 Å². The van der Waals surface area contributed by atoms with Gasteiger partial charge >= 0.3 is 0 Å². The summed E-state index contributed by atoms with van der Waals surface area (Å²) in [6.45, 7) is 11.6. The van der Waals surface area contributed by atoms with Gasteiger partial charge in [-0.05, 0) is 18.6 Å². The lowest BCUT2D eigenvalue weighted by Gasteiger charge is -2.13. The van der Waals surface area contributed by atoms with E-state index in [-0.39, 0.29) is 0 Å². The predicted molar refractivity (Wildman–Crippen MR) is 88.6 cm³/mol. The van der Waals surface area contributed by atoms with Crippen LogP contribution in [0, 0.1) is 0 Å². The summed E-state index contributed by atoms with van der Waals surface area (Å²) in [5.41, 5.74) is 3.32. The van der Waals surface area contributed by atoms with Crippen molar-refractivity contribution in [2.75, 3.05) is 6.61 Å². The fourth-order valence-electron chi connectivity index (χ4n) is 2.08. The summed E-state index contributed by atoms with van der Waals surface area (Å²) in [5.74, 6) is 0.690. The van der Waals surface area contributed by atoms with Crippen molar-refractivity contribution in [1.29, 1.82) is 0 Å². The maximum Gasteiger partial charge on any atom is 0.214 e. The third-order valence-electron chi connectivity index (χ3n) is 3.26. The highest BCUT2D eigenvalue weighted by atomic mass is 16.5. The van der Waals surface area contributed by atoms with Crippen LogP contribution in [0.5, 0.6) is 5.88 Å². The number of aromatic nitrogens is 1. The van der Waals surface area contributed by atoms with Gasteiger partial charge in [-0.2, -0.15) is 0 Å². The first-order valence-electron chi connectivity index (χ1n) is 7.45. The van der Waals surface area contributed by atoms with Gasteiger partial charge in [0.2, 0.25) is 5.88 Å². The highest BCUT2D eigenvalue weighted by Crippen LogP contribution is 2.22. The molecular weight excluding hydrogens is 260 g/mol. The van der Waals surface area contributed by atoms with Crippen molar-refractivity contribution in [2.45, 2.75) is 39.8 Å². The Morgan fingerprint density at radius 1 is 1.33 bits per heavy atom. The molecule has 3 heteroatoms. The van der Waals surface area contributed by atoms with Crippen molar-refractivity contribution >= 4 is 10.9 Å². The Kier molecular flexibility index (Phi) is 5.34. The van der Waals surface area contributed by atoms with Crippen molar-refractivity contribution in [3.8, 4) is 5.88 Å². The van der Waals surface area contributed by atoms with Gasteiger partial charge in [-0.15, -0.1) is 6.58 Å². The molecule has 0 amide bonds. The van der Waals surface area contributed by atoms with E-state index in [1.54, 1.807) is 0 Å². The molecule has 0 saturated heterocycles. The lowest BCUT2D eigenvalue weighted by atomic mass is 10.1. The molecule has 0 fully saturated rings. The second-order valence-corrected chi connectivity index (χ2v) is 5.73. The first-order chi connectivity index (χ1) is 10.1. The van der Waals surface area contributed by atoms with Gasteiger partial charge < -0.3 is 10.1 Å². The molecule has 1 N–H and O–H groups in total. The predicted octanol–water partition coefficient (Wildman–Crippen LogP) is 4.08. The summed E-state index contributed by atoms with van der Waals surface area (Å²) in [6.07, 6.45) is 0.855. The van der Waals surface area contributed by atoms with Gasteiger partial charge in [0.25, 0.3) is 0 Å². The van der Waals surface area contributed by atoms with E-state index in [1.807, 2.05) is 31.2 Å². The van der Waals surface area contributed by atoms with Crippen LogP contribution in [0.25, 0.3) is 10.9 Å². The molecule has 2 rings (SSSR count). The standard InChI is InChI=1S/C18H24N2O/c1-13(2)9-10-21-18-11-15(12-19-14(3)4)16-7-5-6-8-17(16)20-18/h5-8,11,14,19H,1,9-10,12H2,2-4H3. The van der Waals surface area contributed by atoms with E-state index in [1.165, 1.54) is 10.9 Å². The number of benzene rings is 1. The number of ether oxygens (including phenoxy) is 1. The first kappa shape index (κ1) is 15.5. The van der Waals surface area contributed by atoms with Crippen LogP contribution in [-0.4, -0.2) is 17.6 Å². The van der Waals surface area contributed by atoms with Crippen LogP contribution in [0.2, 0.25) is 0 Å². The molecule has 0 spiro atoms. The summed E-state index contributed by atoms with van der Waals surface area (Å²) in [6, 6.07) is 10.7. The highest BCUT2D eigenvalue weighted by Gasteiger charge is 2.07. The zero-order chi connectivity index (χ0) is 15.2. The molecule has 0 saturated carbocycles. The monoisotopic (exact) mass is 284 g/mol. The zero-order valence-electron chi connectivity index (χ0n) is 13.1. The highest BCUT2D eigenvalue weighted by molar-refractivity contribution is 5.82. The number of pyridine rings is 1. The Morgan fingerprint density at radius 2 is 2.10 bits per heavy atom. The fourth-order valence-corrected chi connectivity index (χ4v) is 2.08. The molecule has 0 radical (unpaired) electrons. The Hall–Kier alpha value is -1.87. The molecule has 2 aromatic rings. The summed E-state index contributed by atoms with van der Waals surface area (Å²) in [4.78, 5) is 4.58. The summed E-state index contributed by atoms with van der Waals surface area (Å²) < 4.78 is 5.77. The fraction of sp³-hybridized carbons (Fsp3) is 0.389. The van der Waals surface area contributed by atoms with E-state index >= 15 is 0 Å². The maximum atomic E-state index is 5.77. The third-order valence-corrected chi connectivity index (χ3v) is 3.26. The maximum absolute atomic E-state index is 5.77. The first-order valence-corrected chi connectivity index (χ1v) is 7.45. The Labute approximate surface area is 127 Å². The van der Waals surface area contributed by atoms with Gasteiger partial charge in [0.05, 0.1) is 12.1 Å². The van der Waals surface area contributed by atoms with E-state index in [9.17, 15) is 0 Å². The smallest absolute Gasteiger partial charge is 0.214 e. The molecule has 3 nitrogen and oxygen atoms in total. The zero-order valence-corrected chi connectivity index (χ0v) is 13.1. The average molecular weight is 284 g/mol. The summed E-state index contributed by atoms with van der Waals surface area (Å²) in [5, 5.41) is 4.64. The lowest BCUT2D eigenvalue weighted by Crippen LogP contribution is -2.22. The van der Waals surface area contributed by atoms with Crippen molar-refractivity contribution in [2.24, 2.45) is 0 Å². The molecule has 0 unspecified atom stereocenters. The normalized spacial score (nSPS) is 11.0. The largest absolute Gasteiger partial charge is 0.477 e. The van der Waals surface area contributed by atoms with E-state index in [0.29, 0.717) is 18.5 Å². The molecule has 0 aliphatic carbocycles. The number of rotatable bonds is 7. The minimum absolute atomic E-state index is 0.449. The van der Waals surface area contributed by atoms with Crippen LogP contribution in [0.15, 0.2) is 42.5 Å². The van der Waals surface area contributed by atoms with Gasteiger partial charge in [-0.3, -0.25) is 0 Å². The van der Waals surface area contributed by atoms with E-state index in [0.717, 1.165) is 24.1 Å². The molecule has 21 heavy (non-hydrogen) atoms. The Balaban J connectivity index is 2.23. The van der Waals surface area contributed by atoms with Crippen molar-refractivity contribution in [3.63, 3.8) is 0 Å². The minimum Gasteiger partial charge on any atom is -0.477 e. The molecule has 1 aromatic carbocycles. The van der Waals surface area contributed by atoms with Gasteiger partial charge in [-0.1, -0.05) is 37.6 Å². The summed E-state index contributed by atoms with van der Waals surface area (Å²) in [7, 11) is 0. The molecule has 1 aromatic heterocycles. The molecule has 1 heterocycles. The number of nitrogens with zero attached hydrogens (tertiary/aromatic N) is 1. The Morgan fingerprint density at radius 3 is 2.81 bits per heavy atom. The average Bonchev–Trinajstić information content (AvgIpc) is 2.44. The van der Waals surface area contributed by atoms with Crippen molar-refractivity contribution in [1.82, 2.24) is 10.3 Å². The minimum atomic E-state index is 0.449. The molecule has 0 aliphatic heterocycles. The number of fused-ring (bicyclic) bond motifs is 1.